The van der Waals surface area contributed by atoms with Gasteiger partial charge in [-0.05, 0) is 75.4 Å². The Hall–Kier alpha value is -3.43. The van der Waals surface area contributed by atoms with Crippen LogP contribution in [0.5, 0.6) is 0 Å². The van der Waals surface area contributed by atoms with Gasteiger partial charge in [-0.1, -0.05) is 74.5 Å². The molecule has 164 valence electrons. The van der Waals surface area contributed by atoms with Crippen molar-refractivity contribution in [3.63, 3.8) is 0 Å². The van der Waals surface area contributed by atoms with Gasteiger partial charge in [0.2, 0.25) is 0 Å². The maximum Gasteiger partial charge on any atom is 0.337 e. The molecule has 0 fully saturated rings. The maximum absolute atomic E-state index is 11.7. The van der Waals surface area contributed by atoms with E-state index in [2.05, 4.69) is 80.6 Å². The van der Waals surface area contributed by atoms with Crippen LogP contribution in [0.3, 0.4) is 0 Å². The maximum atomic E-state index is 11.7. The van der Waals surface area contributed by atoms with Gasteiger partial charge in [0.15, 0.2) is 0 Å². The summed E-state index contributed by atoms with van der Waals surface area (Å²) in [7, 11) is 1.40. The van der Waals surface area contributed by atoms with E-state index in [1.54, 1.807) is 12.1 Å². The van der Waals surface area contributed by atoms with Gasteiger partial charge in [-0.15, -0.1) is 11.3 Å². The highest BCUT2D eigenvalue weighted by molar-refractivity contribution is 7.20. The first kappa shape index (κ1) is 21.4. The molecule has 0 saturated heterocycles. The largest absolute Gasteiger partial charge is 0.465 e. The lowest BCUT2D eigenvalue weighted by Crippen LogP contribution is -2.21. The average Bonchev–Trinajstić information content (AvgIpc) is 3.26. The third-order valence-corrected chi connectivity index (χ3v) is 7.52. The molecule has 5 rings (SSSR count). The Bertz CT molecular complexity index is 1370. The van der Waals surface area contributed by atoms with E-state index in [1.165, 1.54) is 38.8 Å². The van der Waals surface area contributed by atoms with E-state index in [9.17, 15) is 4.79 Å². The molecule has 1 heterocycles. The van der Waals surface area contributed by atoms with Crippen molar-refractivity contribution in [2.24, 2.45) is 0 Å². The van der Waals surface area contributed by atoms with Crippen molar-refractivity contribution in [2.75, 3.05) is 7.11 Å². The average molecular weight is 451 g/mol. The van der Waals surface area contributed by atoms with E-state index in [0.29, 0.717) is 5.56 Å². The zero-order chi connectivity index (χ0) is 23.0. The standard InChI is InChI=1S/C30H26O2S/c1-30(2)17-16-24(28-19-23-6-4-5-7-27(23)33-28)25-18-21(12-15-26(25)30)9-8-20-10-13-22(14-11-20)29(31)32-3/h4-16,18-19H,17H2,1-3H3/b9-8+. The van der Waals surface area contributed by atoms with Crippen molar-refractivity contribution in [1.29, 1.82) is 0 Å². The molecule has 1 aliphatic rings. The summed E-state index contributed by atoms with van der Waals surface area (Å²) in [6.07, 6.45) is 7.66. The molecule has 2 nitrogen and oxygen atoms in total. The predicted octanol–water partition coefficient (Wildman–Crippen LogP) is 7.97. The number of thiophene rings is 1. The van der Waals surface area contributed by atoms with Crippen LogP contribution in [0.15, 0.2) is 78.9 Å². The molecule has 33 heavy (non-hydrogen) atoms. The van der Waals surface area contributed by atoms with Gasteiger partial charge in [-0.2, -0.15) is 0 Å². The summed E-state index contributed by atoms with van der Waals surface area (Å²) in [5.74, 6) is -0.316. The molecule has 1 aromatic heterocycles. The summed E-state index contributed by atoms with van der Waals surface area (Å²) in [6.45, 7) is 4.64. The lowest BCUT2D eigenvalue weighted by Gasteiger charge is -2.32. The van der Waals surface area contributed by atoms with Gasteiger partial charge in [0, 0.05) is 9.58 Å². The molecule has 0 bridgehead atoms. The number of carbonyl (C=O) groups is 1. The Kier molecular flexibility index (Phi) is 5.51. The summed E-state index contributed by atoms with van der Waals surface area (Å²) >= 11 is 1.87. The van der Waals surface area contributed by atoms with E-state index < -0.39 is 0 Å². The molecule has 0 radical (unpaired) electrons. The van der Waals surface area contributed by atoms with E-state index in [1.807, 2.05) is 23.5 Å². The molecule has 4 aromatic rings. The molecule has 0 amide bonds. The number of ether oxygens (including phenoxy) is 1. The number of benzene rings is 3. The van der Waals surface area contributed by atoms with Crippen LogP contribution in [0.25, 0.3) is 27.8 Å². The highest BCUT2D eigenvalue weighted by Crippen LogP contribution is 2.44. The Morgan fingerprint density at radius 2 is 1.67 bits per heavy atom. The number of esters is 1. The van der Waals surface area contributed by atoms with Gasteiger partial charge in [0.1, 0.15) is 0 Å². The monoisotopic (exact) mass is 450 g/mol. The number of hydrogen-bond acceptors (Lipinski definition) is 3. The van der Waals surface area contributed by atoms with Crippen LogP contribution < -0.4 is 0 Å². The van der Waals surface area contributed by atoms with E-state index in [-0.39, 0.29) is 11.4 Å². The summed E-state index contributed by atoms with van der Waals surface area (Å²) in [5, 5.41) is 1.30. The minimum atomic E-state index is -0.316. The van der Waals surface area contributed by atoms with Crippen LogP contribution in [0.2, 0.25) is 0 Å². The van der Waals surface area contributed by atoms with Gasteiger partial charge in [-0.3, -0.25) is 0 Å². The Morgan fingerprint density at radius 1 is 0.939 bits per heavy atom. The van der Waals surface area contributed by atoms with Crippen LogP contribution in [0.4, 0.5) is 0 Å². The second kappa shape index (κ2) is 8.49. The van der Waals surface area contributed by atoms with Crippen LogP contribution >= 0.6 is 11.3 Å². The zero-order valence-corrected chi connectivity index (χ0v) is 19.9. The predicted molar refractivity (Wildman–Crippen MR) is 140 cm³/mol. The molecular weight excluding hydrogens is 424 g/mol. The number of methoxy groups -OCH3 is 1. The fourth-order valence-electron chi connectivity index (χ4n) is 4.44. The fourth-order valence-corrected chi connectivity index (χ4v) is 5.56. The lowest BCUT2D eigenvalue weighted by molar-refractivity contribution is 0.0600. The van der Waals surface area contributed by atoms with Crippen molar-refractivity contribution in [2.45, 2.75) is 25.7 Å². The molecule has 0 aliphatic heterocycles. The molecule has 0 atom stereocenters. The van der Waals surface area contributed by atoms with Crippen molar-refractivity contribution >= 4 is 45.1 Å². The summed E-state index contributed by atoms with van der Waals surface area (Å²) in [4.78, 5) is 13.0. The van der Waals surface area contributed by atoms with E-state index in [0.717, 1.165) is 17.5 Å². The number of fused-ring (bicyclic) bond motifs is 2. The van der Waals surface area contributed by atoms with Gasteiger partial charge in [0.25, 0.3) is 0 Å². The second-order valence-corrected chi connectivity index (χ2v) is 10.2. The molecule has 3 heteroatoms. The van der Waals surface area contributed by atoms with E-state index in [4.69, 9.17) is 4.74 Å². The van der Waals surface area contributed by atoms with Crippen LogP contribution in [-0.2, 0) is 10.2 Å². The van der Waals surface area contributed by atoms with Crippen LogP contribution in [-0.4, -0.2) is 13.1 Å². The second-order valence-electron chi connectivity index (χ2n) is 9.11. The third-order valence-electron chi connectivity index (χ3n) is 6.37. The summed E-state index contributed by atoms with van der Waals surface area (Å²) in [6, 6.07) is 25.2. The minimum Gasteiger partial charge on any atom is -0.465 e. The number of carbonyl (C=O) groups excluding carboxylic acids is 1. The molecule has 0 N–H and O–H groups in total. The topological polar surface area (TPSA) is 26.3 Å². The lowest BCUT2D eigenvalue weighted by atomic mass is 9.72. The van der Waals surface area contributed by atoms with Crippen molar-refractivity contribution in [1.82, 2.24) is 0 Å². The summed E-state index contributed by atoms with van der Waals surface area (Å²) in [5.41, 5.74) is 6.93. The highest BCUT2D eigenvalue weighted by atomic mass is 32.1. The zero-order valence-electron chi connectivity index (χ0n) is 19.1. The van der Waals surface area contributed by atoms with Gasteiger partial charge in [0.05, 0.1) is 12.7 Å². The fraction of sp³-hybridized carbons (Fsp3) is 0.167. The van der Waals surface area contributed by atoms with Crippen molar-refractivity contribution < 1.29 is 9.53 Å². The number of rotatable bonds is 4. The first-order chi connectivity index (χ1) is 15.9. The number of hydrogen-bond donors (Lipinski definition) is 0. The molecule has 3 aromatic carbocycles. The first-order valence-corrected chi connectivity index (χ1v) is 12.0. The quantitative estimate of drug-likeness (QED) is 0.233. The highest BCUT2D eigenvalue weighted by Gasteiger charge is 2.29. The Labute approximate surface area is 198 Å². The van der Waals surface area contributed by atoms with E-state index >= 15 is 0 Å². The molecule has 0 saturated carbocycles. The van der Waals surface area contributed by atoms with Crippen LogP contribution in [0, 0.1) is 0 Å². The molecule has 1 aliphatic carbocycles. The normalized spacial score (nSPS) is 14.8. The van der Waals surface area contributed by atoms with Crippen LogP contribution in [0.1, 0.15) is 57.8 Å². The Balaban J connectivity index is 1.50. The third kappa shape index (κ3) is 4.17. The Morgan fingerprint density at radius 3 is 2.42 bits per heavy atom. The summed E-state index contributed by atoms with van der Waals surface area (Å²) < 4.78 is 6.10. The van der Waals surface area contributed by atoms with Crippen molar-refractivity contribution in [3.8, 4) is 0 Å². The number of allylic oxidation sites excluding steroid dienone is 1. The molecule has 0 spiro atoms. The van der Waals surface area contributed by atoms with Crippen molar-refractivity contribution in [3.05, 3.63) is 112 Å². The molecular formula is C30H26O2S. The first-order valence-electron chi connectivity index (χ1n) is 11.2. The SMILES string of the molecule is COC(=O)c1ccc(/C=C/c2ccc3c(c2)C(c2cc4ccccc4s2)=CCC3(C)C)cc1. The minimum absolute atomic E-state index is 0.113. The molecule has 0 unspecified atom stereocenters. The smallest absolute Gasteiger partial charge is 0.337 e. The van der Waals surface area contributed by atoms with Gasteiger partial charge >= 0.3 is 5.97 Å². The van der Waals surface area contributed by atoms with Gasteiger partial charge in [-0.25, -0.2) is 4.79 Å². The van der Waals surface area contributed by atoms with Gasteiger partial charge < -0.3 is 4.74 Å².